The maximum atomic E-state index is 11.9. The average Bonchev–Trinajstić information content (AvgIpc) is 2.63. The van der Waals surface area contributed by atoms with Gasteiger partial charge in [-0.2, -0.15) is 16.9 Å². The van der Waals surface area contributed by atoms with Crippen molar-refractivity contribution in [2.45, 2.75) is 29.4 Å². The van der Waals surface area contributed by atoms with Gasteiger partial charge in [0.15, 0.2) is 0 Å². The van der Waals surface area contributed by atoms with E-state index in [4.69, 9.17) is 5.73 Å². The second-order valence-electron chi connectivity index (χ2n) is 3.86. The zero-order valence-electron chi connectivity index (χ0n) is 7.31. The van der Waals surface area contributed by atoms with E-state index in [-0.39, 0.29) is 6.04 Å². The van der Waals surface area contributed by atoms with Crippen molar-refractivity contribution in [3.05, 3.63) is 0 Å². The van der Waals surface area contributed by atoms with Crippen LogP contribution < -0.4 is 5.73 Å². The highest BCUT2D eigenvalue weighted by Gasteiger charge is 2.54. The molecule has 2 fully saturated rings. The zero-order chi connectivity index (χ0) is 9.69. The van der Waals surface area contributed by atoms with Crippen molar-refractivity contribution in [2.75, 3.05) is 13.1 Å². The Morgan fingerprint density at radius 2 is 2.08 bits per heavy atom. The third-order valence-electron chi connectivity index (χ3n) is 2.69. The fraction of sp³-hybridized carbons (Fsp3) is 1.00. The zero-order valence-corrected chi connectivity index (χ0v) is 9.02. The molecule has 1 aliphatic carbocycles. The lowest BCUT2D eigenvalue weighted by atomic mass is 10.3. The molecule has 76 valence electrons. The van der Waals surface area contributed by atoms with Gasteiger partial charge in [-0.15, -0.1) is 0 Å². The number of hydrogen-bond donors (Lipinski definition) is 2. The number of rotatable bonds is 2. The van der Waals surface area contributed by atoms with E-state index in [0.29, 0.717) is 25.9 Å². The molecular formula is C7H14N2O2S2. The predicted molar refractivity (Wildman–Crippen MR) is 54.0 cm³/mol. The highest BCUT2D eigenvalue weighted by atomic mass is 32.3. The predicted octanol–water partition coefficient (Wildman–Crippen LogP) is -0.231. The van der Waals surface area contributed by atoms with Gasteiger partial charge in [0.25, 0.3) is 0 Å². The topological polar surface area (TPSA) is 63.4 Å². The van der Waals surface area contributed by atoms with Crippen LogP contribution in [0.25, 0.3) is 0 Å². The second kappa shape index (κ2) is 2.85. The largest absolute Gasteiger partial charge is 0.326 e. The van der Waals surface area contributed by atoms with Crippen LogP contribution in [0.2, 0.25) is 0 Å². The summed E-state index contributed by atoms with van der Waals surface area (Å²) in [5, 5.41) is 0. The summed E-state index contributed by atoms with van der Waals surface area (Å²) in [4.78, 5) is 0. The lowest BCUT2D eigenvalue weighted by molar-refractivity contribution is 0.469. The summed E-state index contributed by atoms with van der Waals surface area (Å²) in [5.74, 6) is 0. The molecule has 1 unspecified atom stereocenters. The van der Waals surface area contributed by atoms with Gasteiger partial charge >= 0.3 is 0 Å². The van der Waals surface area contributed by atoms with E-state index in [2.05, 4.69) is 12.6 Å². The van der Waals surface area contributed by atoms with Crippen LogP contribution in [-0.2, 0) is 10.0 Å². The molecule has 4 nitrogen and oxygen atoms in total. The van der Waals surface area contributed by atoms with E-state index in [0.717, 1.165) is 6.42 Å². The SMILES string of the molecule is NC1CCN(S(=O)(=O)C2(S)CC2)C1. The Bertz CT molecular complexity index is 310. The molecule has 0 amide bonds. The average molecular weight is 222 g/mol. The number of sulfonamides is 1. The summed E-state index contributed by atoms with van der Waals surface area (Å²) < 4.78 is 24.4. The molecule has 2 aliphatic rings. The molecule has 6 heteroatoms. The van der Waals surface area contributed by atoms with Crippen LogP contribution in [0.5, 0.6) is 0 Å². The molecule has 1 aliphatic heterocycles. The molecule has 1 saturated heterocycles. The Hall–Kier alpha value is 0.220. The van der Waals surface area contributed by atoms with Crippen LogP contribution >= 0.6 is 12.6 Å². The standard InChI is InChI=1S/C7H14N2O2S2/c8-6-1-4-9(5-6)13(10,11)7(12)2-3-7/h6,12H,1-5,8H2. The molecule has 1 heterocycles. The first-order valence-electron chi connectivity index (χ1n) is 4.43. The van der Waals surface area contributed by atoms with Crippen molar-refractivity contribution >= 4 is 22.7 Å². The minimum atomic E-state index is -3.18. The Balaban J connectivity index is 2.16. The van der Waals surface area contributed by atoms with Crippen LogP contribution in [0.3, 0.4) is 0 Å². The Labute approximate surface area is 83.9 Å². The highest BCUT2D eigenvalue weighted by molar-refractivity contribution is 8.05. The quantitative estimate of drug-likeness (QED) is 0.634. The molecule has 0 bridgehead atoms. The van der Waals surface area contributed by atoms with E-state index >= 15 is 0 Å². The van der Waals surface area contributed by atoms with Crippen molar-refractivity contribution in [1.29, 1.82) is 0 Å². The lowest BCUT2D eigenvalue weighted by Gasteiger charge is -2.19. The summed E-state index contributed by atoms with van der Waals surface area (Å²) in [6.45, 7) is 1.02. The van der Waals surface area contributed by atoms with Crippen LogP contribution in [0, 0.1) is 0 Å². The minimum absolute atomic E-state index is 0.00505. The van der Waals surface area contributed by atoms with Crippen LogP contribution in [-0.4, -0.2) is 35.9 Å². The monoisotopic (exact) mass is 222 g/mol. The van der Waals surface area contributed by atoms with E-state index in [1.807, 2.05) is 0 Å². The fourth-order valence-electron chi connectivity index (χ4n) is 1.58. The van der Waals surface area contributed by atoms with E-state index in [9.17, 15) is 8.42 Å². The van der Waals surface area contributed by atoms with Gasteiger partial charge in [0.2, 0.25) is 10.0 Å². The molecular weight excluding hydrogens is 208 g/mol. The van der Waals surface area contributed by atoms with Crippen molar-refractivity contribution < 1.29 is 8.42 Å². The summed E-state index contributed by atoms with van der Waals surface area (Å²) in [6, 6.07) is 0.00505. The number of thiol groups is 1. The summed E-state index contributed by atoms with van der Waals surface area (Å²) in [5.41, 5.74) is 5.65. The number of hydrogen-bond acceptors (Lipinski definition) is 4. The molecule has 0 radical (unpaired) electrons. The molecule has 0 aromatic heterocycles. The van der Waals surface area contributed by atoms with Gasteiger partial charge in [0.1, 0.15) is 4.08 Å². The van der Waals surface area contributed by atoms with Crippen LogP contribution in [0.4, 0.5) is 0 Å². The first-order chi connectivity index (χ1) is 5.96. The molecule has 0 aromatic carbocycles. The van der Waals surface area contributed by atoms with Gasteiger partial charge in [0.05, 0.1) is 0 Å². The van der Waals surface area contributed by atoms with E-state index in [1.165, 1.54) is 4.31 Å². The van der Waals surface area contributed by atoms with Gasteiger partial charge in [-0.3, -0.25) is 0 Å². The third kappa shape index (κ3) is 1.49. The van der Waals surface area contributed by atoms with Crippen molar-refractivity contribution in [1.82, 2.24) is 4.31 Å². The highest BCUT2D eigenvalue weighted by Crippen LogP contribution is 2.48. The van der Waals surface area contributed by atoms with Crippen molar-refractivity contribution in [3.63, 3.8) is 0 Å². The normalized spacial score (nSPS) is 33.5. The van der Waals surface area contributed by atoms with Gasteiger partial charge in [-0.1, -0.05) is 0 Å². The Kier molecular flexibility index (Phi) is 2.14. The van der Waals surface area contributed by atoms with Gasteiger partial charge < -0.3 is 5.73 Å². The molecule has 0 aromatic rings. The summed E-state index contributed by atoms with van der Waals surface area (Å²) in [7, 11) is -3.18. The van der Waals surface area contributed by atoms with Gasteiger partial charge in [-0.25, -0.2) is 8.42 Å². The first-order valence-corrected chi connectivity index (χ1v) is 6.32. The lowest BCUT2D eigenvalue weighted by Crippen LogP contribution is -2.37. The molecule has 2 N–H and O–H groups in total. The smallest absolute Gasteiger partial charge is 0.229 e. The number of nitrogens with two attached hydrogens (primary N) is 1. The summed E-state index contributed by atoms with van der Waals surface area (Å²) in [6.07, 6.45) is 2.11. The number of nitrogens with zero attached hydrogens (tertiary/aromatic N) is 1. The minimum Gasteiger partial charge on any atom is -0.326 e. The molecule has 0 spiro atoms. The second-order valence-corrected chi connectivity index (χ2v) is 7.26. The van der Waals surface area contributed by atoms with Gasteiger partial charge in [0, 0.05) is 19.1 Å². The molecule has 13 heavy (non-hydrogen) atoms. The fourth-order valence-corrected chi connectivity index (χ4v) is 3.87. The Morgan fingerprint density at radius 1 is 1.46 bits per heavy atom. The van der Waals surface area contributed by atoms with Crippen LogP contribution in [0.1, 0.15) is 19.3 Å². The molecule has 2 rings (SSSR count). The van der Waals surface area contributed by atoms with E-state index in [1.54, 1.807) is 0 Å². The maximum absolute atomic E-state index is 11.9. The molecule has 1 atom stereocenters. The Morgan fingerprint density at radius 3 is 2.46 bits per heavy atom. The van der Waals surface area contributed by atoms with Gasteiger partial charge in [-0.05, 0) is 19.3 Å². The maximum Gasteiger partial charge on any atom is 0.229 e. The molecule has 1 saturated carbocycles. The first kappa shape index (κ1) is 9.76. The third-order valence-corrected chi connectivity index (χ3v) is 6.20. The van der Waals surface area contributed by atoms with Crippen molar-refractivity contribution in [3.8, 4) is 0 Å². The summed E-state index contributed by atoms with van der Waals surface area (Å²) >= 11 is 4.18. The van der Waals surface area contributed by atoms with E-state index < -0.39 is 14.1 Å². The van der Waals surface area contributed by atoms with Crippen molar-refractivity contribution in [2.24, 2.45) is 5.73 Å². The van der Waals surface area contributed by atoms with Crippen LogP contribution in [0.15, 0.2) is 0 Å².